The first-order valence-electron chi connectivity index (χ1n) is 6.47. The van der Waals surface area contributed by atoms with Gasteiger partial charge in [0.2, 0.25) is 0 Å². The molecule has 0 fully saturated rings. The average Bonchev–Trinajstić information content (AvgIpc) is 2.97. The van der Waals surface area contributed by atoms with Crippen LogP contribution in [0, 0.1) is 0 Å². The van der Waals surface area contributed by atoms with Gasteiger partial charge in [-0.15, -0.1) is 0 Å². The molecule has 2 heterocycles. The molecule has 0 aliphatic heterocycles. The van der Waals surface area contributed by atoms with Crippen molar-refractivity contribution in [3.63, 3.8) is 0 Å². The molecule has 5 nitrogen and oxygen atoms in total. The lowest BCUT2D eigenvalue weighted by Gasteiger charge is -2.17. The highest BCUT2D eigenvalue weighted by Crippen LogP contribution is 2.17. The summed E-state index contributed by atoms with van der Waals surface area (Å²) in [6, 6.07) is 2.36. The Bertz CT molecular complexity index is 485. The Hall–Kier alpha value is -1.62. The molecule has 0 bridgehead atoms. The van der Waals surface area contributed by atoms with Crippen LogP contribution in [0.25, 0.3) is 0 Å². The Morgan fingerprint density at radius 2 is 2.17 bits per heavy atom. The first-order chi connectivity index (χ1) is 8.74. The van der Waals surface area contributed by atoms with Crippen LogP contribution in [0.3, 0.4) is 0 Å². The van der Waals surface area contributed by atoms with Crippen molar-refractivity contribution in [3.05, 3.63) is 35.9 Å². The van der Waals surface area contributed by atoms with E-state index in [1.54, 1.807) is 0 Å². The van der Waals surface area contributed by atoms with E-state index in [-0.39, 0.29) is 6.04 Å². The van der Waals surface area contributed by atoms with Crippen molar-refractivity contribution in [3.8, 4) is 0 Å². The van der Waals surface area contributed by atoms with E-state index in [0.29, 0.717) is 0 Å². The van der Waals surface area contributed by atoms with Gasteiger partial charge >= 0.3 is 0 Å². The van der Waals surface area contributed by atoms with Crippen molar-refractivity contribution in [2.24, 2.45) is 7.05 Å². The molecule has 0 spiro atoms. The van der Waals surface area contributed by atoms with E-state index in [4.69, 9.17) is 0 Å². The van der Waals surface area contributed by atoms with Crippen LogP contribution in [0.4, 0.5) is 0 Å². The number of aromatic nitrogens is 4. The predicted molar refractivity (Wildman–Crippen MR) is 71.2 cm³/mol. The van der Waals surface area contributed by atoms with Gasteiger partial charge in [-0.25, -0.2) is 0 Å². The highest BCUT2D eigenvalue weighted by Gasteiger charge is 2.15. The van der Waals surface area contributed by atoms with Crippen molar-refractivity contribution in [1.82, 2.24) is 24.9 Å². The summed E-state index contributed by atoms with van der Waals surface area (Å²) in [5, 5.41) is 12.1. The molecule has 18 heavy (non-hydrogen) atoms. The fourth-order valence-electron chi connectivity index (χ4n) is 2.17. The lowest BCUT2D eigenvalue weighted by atomic mass is 10.1. The number of likely N-dealkylation sites (N-methyl/N-ethyl adjacent to an activating group) is 1. The molecule has 0 amide bonds. The maximum absolute atomic E-state index is 4.32. The topological polar surface area (TPSA) is 47.7 Å². The predicted octanol–water partition coefficient (Wildman–Crippen LogP) is 1.53. The van der Waals surface area contributed by atoms with Crippen molar-refractivity contribution in [1.29, 1.82) is 0 Å². The maximum atomic E-state index is 4.32. The first-order valence-corrected chi connectivity index (χ1v) is 6.47. The van der Waals surface area contributed by atoms with Crippen LogP contribution < -0.4 is 5.32 Å². The van der Waals surface area contributed by atoms with Crippen molar-refractivity contribution in [2.45, 2.75) is 32.9 Å². The van der Waals surface area contributed by atoms with Crippen LogP contribution in [0.1, 0.15) is 31.1 Å². The first kappa shape index (κ1) is 12.8. The summed E-state index contributed by atoms with van der Waals surface area (Å²) in [4.78, 5) is 0. The second kappa shape index (κ2) is 5.82. The van der Waals surface area contributed by atoms with Gasteiger partial charge in [0, 0.05) is 26.0 Å². The molecule has 2 aromatic heterocycles. The number of nitrogens with one attached hydrogen (secondary N) is 1. The molecule has 0 aliphatic rings. The van der Waals surface area contributed by atoms with E-state index < -0.39 is 0 Å². The average molecular weight is 247 g/mol. The third-order valence-electron chi connectivity index (χ3n) is 3.12. The standard InChI is InChI=1S/C13H21N5/c1-4-14-12(13-6-7-15-17(13)3)8-11-9-16-18(5-2)10-11/h6-7,9-10,12,14H,4-5,8H2,1-3H3. The normalized spacial score (nSPS) is 12.8. The number of hydrogen-bond donors (Lipinski definition) is 1. The Balaban J connectivity index is 2.13. The summed E-state index contributed by atoms with van der Waals surface area (Å²) in [7, 11) is 1.98. The number of nitrogens with zero attached hydrogens (tertiary/aromatic N) is 4. The van der Waals surface area contributed by atoms with E-state index in [0.717, 1.165) is 19.5 Å². The zero-order valence-electron chi connectivity index (χ0n) is 11.3. The molecule has 2 rings (SSSR count). The van der Waals surface area contributed by atoms with Gasteiger partial charge in [0.25, 0.3) is 0 Å². The molecule has 2 aromatic rings. The van der Waals surface area contributed by atoms with Crippen LogP contribution >= 0.6 is 0 Å². The van der Waals surface area contributed by atoms with Crippen LogP contribution in [-0.4, -0.2) is 26.1 Å². The van der Waals surface area contributed by atoms with Gasteiger partial charge in [-0.3, -0.25) is 9.36 Å². The van der Waals surface area contributed by atoms with Gasteiger partial charge in [0.05, 0.1) is 17.9 Å². The summed E-state index contributed by atoms with van der Waals surface area (Å²) in [5.41, 5.74) is 2.46. The van der Waals surface area contributed by atoms with Crippen LogP contribution in [0.2, 0.25) is 0 Å². The molecule has 1 atom stereocenters. The van der Waals surface area contributed by atoms with Crippen LogP contribution in [0.5, 0.6) is 0 Å². The largest absolute Gasteiger partial charge is 0.309 e. The molecule has 0 aromatic carbocycles. The number of hydrogen-bond acceptors (Lipinski definition) is 3. The van der Waals surface area contributed by atoms with Crippen molar-refractivity contribution >= 4 is 0 Å². The maximum Gasteiger partial charge on any atom is 0.0553 e. The smallest absolute Gasteiger partial charge is 0.0553 e. The minimum Gasteiger partial charge on any atom is -0.309 e. The monoisotopic (exact) mass is 247 g/mol. The summed E-state index contributed by atoms with van der Waals surface area (Å²) >= 11 is 0. The van der Waals surface area contributed by atoms with E-state index >= 15 is 0 Å². The zero-order chi connectivity index (χ0) is 13.0. The third kappa shape index (κ3) is 2.79. The zero-order valence-corrected chi connectivity index (χ0v) is 11.3. The van der Waals surface area contributed by atoms with Gasteiger partial charge < -0.3 is 5.32 Å². The SMILES string of the molecule is CCNC(Cc1cnn(CC)c1)c1ccnn1C. The molecular formula is C13H21N5. The molecular weight excluding hydrogens is 226 g/mol. The molecule has 0 saturated carbocycles. The minimum atomic E-state index is 0.289. The van der Waals surface area contributed by atoms with Crippen molar-refractivity contribution in [2.75, 3.05) is 6.54 Å². The third-order valence-corrected chi connectivity index (χ3v) is 3.12. The molecule has 1 N–H and O–H groups in total. The Morgan fingerprint density at radius 1 is 1.33 bits per heavy atom. The van der Waals surface area contributed by atoms with Gasteiger partial charge in [0.15, 0.2) is 0 Å². The number of aryl methyl sites for hydroxylation is 2. The van der Waals surface area contributed by atoms with Crippen LogP contribution in [-0.2, 0) is 20.0 Å². The minimum absolute atomic E-state index is 0.289. The van der Waals surface area contributed by atoms with Gasteiger partial charge in [-0.2, -0.15) is 10.2 Å². The van der Waals surface area contributed by atoms with E-state index in [9.17, 15) is 0 Å². The molecule has 98 valence electrons. The van der Waals surface area contributed by atoms with Crippen molar-refractivity contribution < 1.29 is 0 Å². The Labute approximate surface area is 108 Å². The fraction of sp³-hybridized carbons (Fsp3) is 0.538. The lowest BCUT2D eigenvalue weighted by Crippen LogP contribution is -2.25. The summed E-state index contributed by atoms with van der Waals surface area (Å²) in [5.74, 6) is 0. The molecule has 0 saturated heterocycles. The van der Waals surface area contributed by atoms with Gasteiger partial charge in [-0.05, 0) is 31.5 Å². The Kier molecular flexibility index (Phi) is 4.15. The summed E-state index contributed by atoms with van der Waals surface area (Å²) in [6.07, 6.45) is 6.84. The summed E-state index contributed by atoms with van der Waals surface area (Å²) < 4.78 is 3.89. The fourth-order valence-corrected chi connectivity index (χ4v) is 2.17. The van der Waals surface area contributed by atoms with Gasteiger partial charge in [0.1, 0.15) is 0 Å². The lowest BCUT2D eigenvalue weighted by molar-refractivity contribution is 0.507. The highest BCUT2D eigenvalue weighted by molar-refractivity contribution is 5.14. The van der Waals surface area contributed by atoms with E-state index in [1.165, 1.54) is 11.3 Å². The second-order valence-electron chi connectivity index (χ2n) is 4.40. The summed E-state index contributed by atoms with van der Waals surface area (Å²) in [6.45, 7) is 6.08. The van der Waals surface area contributed by atoms with Crippen LogP contribution in [0.15, 0.2) is 24.7 Å². The molecule has 1 unspecified atom stereocenters. The van der Waals surface area contributed by atoms with E-state index in [2.05, 4.69) is 41.6 Å². The number of rotatable bonds is 6. The Morgan fingerprint density at radius 3 is 2.72 bits per heavy atom. The second-order valence-corrected chi connectivity index (χ2v) is 4.40. The highest BCUT2D eigenvalue weighted by atomic mass is 15.3. The quantitative estimate of drug-likeness (QED) is 0.842. The molecule has 0 aliphatic carbocycles. The molecule has 5 heteroatoms. The van der Waals surface area contributed by atoms with Gasteiger partial charge in [-0.1, -0.05) is 6.92 Å². The molecule has 0 radical (unpaired) electrons. The van der Waals surface area contributed by atoms with E-state index in [1.807, 2.05) is 28.8 Å².